The molecule has 1 aliphatic rings. The first kappa shape index (κ1) is 10.2. The van der Waals surface area contributed by atoms with Gasteiger partial charge in [-0.3, -0.25) is 9.58 Å². The van der Waals surface area contributed by atoms with Crippen LogP contribution in [-0.4, -0.2) is 40.9 Å². The zero-order chi connectivity index (χ0) is 10.5. The van der Waals surface area contributed by atoms with Crippen LogP contribution < -0.4 is 5.32 Å². The topological polar surface area (TPSA) is 33.1 Å². The van der Waals surface area contributed by atoms with Crippen molar-refractivity contribution in [3.63, 3.8) is 0 Å². The van der Waals surface area contributed by atoms with Crippen molar-refractivity contribution in [2.24, 2.45) is 0 Å². The molecule has 2 heterocycles. The van der Waals surface area contributed by atoms with Crippen LogP contribution in [-0.2, 0) is 13.1 Å². The van der Waals surface area contributed by atoms with E-state index in [4.69, 9.17) is 6.42 Å². The number of rotatable bonds is 3. The van der Waals surface area contributed by atoms with Crippen LogP contribution in [0.1, 0.15) is 5.56 Å². The molecule has 80 valence electrons. The highest BCUT2D eigenvalue weighted by molar-refractivity contribution is 5.05. The predicted molar refractivity (Wildman–Crippen MR) is 59.2 cm³/mol. The van der Waals surface area contributed by atoms with E-state index in [9.17, 15) is 0 Å². The second-order valence-electron chi connectivity index (χ2n) is 3.78. The summed E-state index contributed by atoms with van der Waals surface area (Å²) in [6.07, 6.45) is 9.16. The maximum absolute atomic E-state index is 5.22. The van der Waals surface area contributed by atoms with E-state index in [1.165, 1.54) is 5.56 Å². The number of aromatic nitrogens is 2. The minimum atomic E-state index is 0.557. The lowest BCUT2D eigenvalue weighted by atomic mass is 10.3. The summed E-state index contributed by atoms with van der Waals surface area (Å²) in [6.45, 7) is 5.92. The number of nitrogens with zero attached hydrogens (tertiary/aromatic N) is 3. The first-order valence-corrected chi connectivity index (χ1v) is 5.26. The van der Waals surface area contributed by atoms with E-state index < -0.39 is 0 Å². The first-order chi connectivity index (χ1) is 7.38. The van der Waals surface area contributed by atoms with Crippen molar-refractivity contribution in [1.29, 1.82) is 0 Å². The molecule has 1 fully saturated rings. The Morgan fingerprint density at radius 1 is 1.47 bits per heavy atom. The van der Waals surface area contributed by atoms with Gasteiger partial charge < -0.3 is 5.32 Å². The molecule has 0 saturated carbocycles. The number of hydrogen-bond donors (Lipinski definition) is 1. The lowest BCUT2D eigenvalue weighted by Crippen LogP contribution is -2.42. The summed E-state index contributed by atoms with van der Waals surface area (Å²) in [5.74, 6) is 2.58. The number of hydrogen-bond acceptors (Lipinski definition) is 3. The quantitative estimate of drug-likeness (QED) is 0.699. The predicted octanol–water partition coefficient (Wildman–Crippen LogP) is -0.0785. The molecule has 1 aliphatic heterocycles. The normalized spacial score (nSPS) is 17.5. The Morgan fingerprint density at radius 2 is 2.27 bits per heavy atom. The number of piperazine rings is 1. The molecule has 0 aliphatic carbocycles. The summed E-state index contributed by atoms with van der Waals surface area (Å²) in [5, 5.41) is 7.54. The minimum Gasteiger partial charge on any atom is -0.314 e. The summed E-state index contributed by atoms with van der Waals surface area (Å²) in [5.41, 5.74) is 1.24. The van der Waals surface area contributed by atoms with E-state index in [1.807, 2.05) is 12.4 Å². The van der Waals surface area contributed by atoms with Gasteiger partial charge in [-0.1, -0.05) is 5.92 Å². The maximum Gasteiger partial charge on any atom is 0.101 e. The standard InChI is InChI=1S/C11H16N4/c1-2-5-15-10-11(8-13-15)9-14-6-3-12-4-7-14/h1,8,10,12H,3-7,9H2. The van der Waals surface area contributed by atoms with Gasteiger partial charge in [0.05, 0.1) is 6.20 Å². The van der Waals surface area contributed by atoms with Crippen LogP contribution in [0.5, 0.6) is 0 Å². The van der Waals surface area contributed by atoms with Gasteiger partial charge in [0, 0.05) is 44.5 Å². The molecule has 15 heavy (non-hydrogen) atoms. The molecule has 0 atom stereocenters. The van der Waals surface area contributed by atoms with Crippen molar-refractivity contribution in [1.82, 2.24) is 20.0 Å². The van der Waals surface area contributed by atoms with E-state index in [-0.39, 0.29) is 0 Å². The fraction of sp³-hybridized carbons (Fsp3) is 0.545. The van der Waals surface area contributed by atoms with Gasteiger partial charge in [-0.25, -0.2) is 0 Å². The Morgan fingerprint density at radius 3 is 3.00 bits per heavy atom. The Balaban J connectivity index is 1.89. The average molecular weight is 204 g/mol. The van der Waals surface area contributed by atoms with Gasteiger partial charge in [0.15, 0.2) is 0 Å². The molecule has 0 spiro atoms. The highest BCUT2D eigenvalue weighted by atomic mass is 15.3. The summed E-state index contributed by atoms with van der Waals surface area (Å²) >= 11 is 0. The molecule has 1 N–H and O–H groups in total. The van der Waals surface area contributed by atoms with Crippen LogP contribution >= 0.6 is 0 Å². The van der Waals surface area contributed by atoms with Crippen LogP contribution in [0.2, 0.25) is 0 Å². The van der Waals surface area contributed by atoms with E-state index >= 15 is 0 Å². The highest BCUT2D eigenvalue weighted by Crippen LogP contribution is 2.04. The van der Waals surface area contributed by atoms with Gasteiger partial charge in [-0.05, 0) is 0 Å². The molecule has 2 rings (SSSR count). The first-order valence-electron chi connectivity index (χ1n) is 5.26. The second-order valence-corrected chi connectivity index (χ2v) is 3.78. The molecule has 0 bridgehead atoms. The summed E-state index contributed by atoms with van der Waals surface area (Å²) < 4.78 is 1.80. The van der Waals surface area contributed by atoms with Crippen LogP contribution in [0.25, 0.3) is 0 Å². The third kappa shape index (κ3) is 2.82. The highest BCUT2D eigenvalue weighted by Gasteiger charge is 2.10. The van der Waals surface area contributed by atoms with Crippen molar-refractivity contribution in [2.75, 3.05) is 26.2 Å². The minimum absolute atomic E-state index is 0.557. The van der Waals surface area contributed by atoms with Crippen LogP contribution in [0, 0.1) is 12.3 Å². The van der Waals surface area contributed by atoms with Crippen molar-refractivity contribution in [3.05, 3.63) is 18.0 Å². The molecule has 0 unspecified atom stereocenters. The van der Waals surface area contributed by atoms with Crippen molar-refractivity contribution in [3.8, 4) is 12.3 Å². The molecule has 0 amide bonds. The van der Waals surface area contributed by atoms with Gasteiger partial charge in [0.1, 0.15) is 6.54 Å². The molecular weight excluding hydrogens is 188 g/mol. The molecule has 1 aromatic heterocycles. The van der Waals surface area contributed by atoms with E-state index in [0.717, 1.165) is 32.7 Å². The van der Waals surface area contributed by atoms with E-state index in [1.54, 1.807) is 4.68 Å². The largest absolute Gasteiger partial charge is 0.314 e. The number of terminal acetylenes is 1. The lowest BCUT2D eigenvalue weighted by molar-refractivity contribution is 0.233. The summed E-state index contributed by atoms with van der Waals surface area (Å²) in [7, 11) is 0. The second kappa shape index (κ2) is 4.96. The number of nitrogens with one attached hydrogen (secondary N) is 1. The molecule has 4 nitrogen and oxygen atoms in total. The fourth-order valence-electron chi connectivity index (χ4n) is 1.80. The molecule has 4 heteroatoms. The Bertz CT molecular complexity index is 344. The Hall–Kier alpha value is -1.31. The van der Waals surface area contributed by atoms with Gasteiger partial charge in [0.25, 0.3) is 0 Å². The molecular formula is C11H16N4. The molecule has 1 aromatic rings. The molecule has 1 saturated heterocycles. The third-order valence-corrected chi connectivity index (χ3v) is 2.56. The van der Waals surface area contributed by atoms with E-state index in [0.29, 0.717) is 6.54 Å². The average Bonchev–Trinajstić information content (AvgIpc) is 2.68. The SMILES string of the molecule is C#CCn1cc(CN2CCNCC2)cn1. The summed E-state index contributed by atoms with van der Waals surface area (Å²) in [6, 6.07) is 0. The van der Waals surface area contributed by atoms with Gasteiger partial charge in [-0.2, -0.15) is 5.10 Å². The Kier molecular flexibility index (Phi) is 3.38. The molecule has 0 radical (unpaired) electrons. The maximum atomic E-state index is 5.22. The van der Waals surface area contributed by atoms with Gasteiger partial charge >= 0.3 is 0 Å². The Labute approximate surface area is 90.3 Å². The van der Waals surface area contributed by atoms with E-state index in [2.05, 4.69) is 21.2 Å². The zero-order valence-corrected chi connectivity index (χ0v) is 8.82. The fourth-order valence-corrected chi connectivity index (χ4v) is 1.80. The zero-order valence-electron chi connectivity index (χ0n) is 8.82. The molecule has 0 aromatic carbocycles. The smallest absolute Gasteiger partial charge is 0.101 e. The van der Waals surface area contributed by atoms with Crippen LogP contribution in [0.15, 0.2) is 12.4 Å². The monoisotopic (exact) mass is 204 g/mol. The van der Waals surface area contributed by atoms with Crippen LogP contribution in [0.4, 0.5) is 0 Å². The third-order valence-electron chi connectivity index (χ3n) is 2.56. The summed E-state index contributed by atoms with van der Waals surface area (Å²) in [4.78, 5) is 2.42. The van der Waals surface area contributed by atoms with Gasteiger partial charge in [-0.15, -0.1) is 6.42 Å². The van der Waals surface area contributed by atoms with Crippen LogP contribution in [0.3, 0.4) is 0 Å². The van der Waals surface area contributed by atoms with Gasteiger partial charge in [0.2, 0.25) is 0 Å². The lowest BCUT2D eigenvalue weighted by Gasteiger charge is -2.26. The van der Waals surface area contributed by atoms with Crippen molar-refractivity contribution < 1.29 is 0 Å². The van der Waals surface area contributed by atoms with Crippen molar-refractivity contribution >= 4 is 0 Å². The van der Waals surface area contributed by atoms with Crippen molar-refractivity contribution in [2.45, 2.75) is 13.1 Å².